The standard InChI is InChI=1S/C25H31N3O3/c1-18(29)27-13-11-24-23(16-27)22(19-7-4-3-5-8-19)17-28(24)25(30)20-9-6-10-21(15-20)31-14-12-26-2/h3-10,15,22-24,26H,11-14,16-17H2,1-2H3/t22-,23-,24-/m1/s1. The van der Waals surface area contributed by atoms with Crippen LogP contribution in [0.1, 0.15) is 35.2 Å². The van der Waals surface area contributed by atoms with Crippen LogP contribution < -0.4 is 10.1 Å². The number of likely N-dealkylation sites (N-methyl/N-ethyl adjacent to an activating group) is 1. The van der Waals surface area contributed by atoms with Crippen LogP contribution in [0.3, 0.4) is 0 Å². The van der Waals surface area contributed by atoms with Gasteiger partial charge >= 0.3 is 0 Å². The first-order valence-corrected chi connectivity index (χ1v) is 11.1. The number of nitrogens with one attached hydrogen (secondary N) is 1. The van der Waals surface area contributed by atoms with E-state index in [2.05, 4.69) is 17.4 Å². The quantitative estimate of drug-likeness (QED) is 0.729. The predicted molar refractivity (Wildman–Crippen MR) is 120 cm³/mol. The summed E-state index contributed by atoms with van der Waals surface area (Å²) in [5.74, 6) is 1.35. The Balaban J connectivity index is 1.57. The van der Waals surface area contributed by atoms with E-state index in [1.54, 1.807) is 6.92 Å². The van der Waals surface area contributed by atoms with Crippen LogP contribution >= 0.6 is 0 Å². The Hall–Kier alpha value is -2.86. The first-order valence-electron chi connectivity index (χ1n) is 11.1. The van der Waals surface area contributed by atoms with E-state index in [1.165, 1.54) is 5.56 Å². The summed E-state index contributed by atoms with van der Waals surface area (Å²) >= 11 is 0. The maximum absolute atomic E-state index is 13.6. The van der Waals surface area contributed by atoms with Gasteiger partial charge in [0.15, 0.2) is 0 Å². The van der Waals surface area contributed by atoms with Crippen LogP contribution in [0.2, 0.25) is 0 Å². The van der Waals surface area contributed by atoms with Gasteiger partial charge in [-0.25, -0.2) is 0 Å². The molecule has 0 bridgehead atoms. The molecule has 4 rings (SSSR count). The van der Waals surface area contributed by atoms with Crippen molar-refractivity contribution in [3.8, 4) is 5.75 Å². The van der Waals surface area contributed by atoms with Gasteiger partial charge in [-0.3, -0.25) is 9.59 Å². The molecule has 31 heavy (non-hydrogen) atoms. The van der Waals surface area contributed by atoms with Crippen molar-refractivity contribution < 1.29 is 14.3 Å². The van der Waals surface area contributed by atoms with Crippen LogP contribution in [0.5, 0.6) is 5.75 Å². The van der Waals surface area contributed by atoms with Crippen molar-refractivity contribution in [3.05, 3.63) is 65.7 Å². The SMILES string of the molecule is CNCCOc1cccc(C(=O)N2C[C@H](c3ccccc3)[C@H]3CN(C(C)=O)CC[C@H]32)c1. The Kier molecular flexibility index (Phi) is 6.56. The Morgan fingerprint density at radius 1 is 1.10 bits per heavy atom. The minimum absolute atomic E-state index is 0.0452. The first kappa shape index (κ1) is 21.4. The largest absolute Gasteiger partial charge is 0.492 e. The second-order valence-corrected chi connectivity index (χ2v) is 8.44. The lowest BCUT2D eigenvalue weighted by Gasteiger charge is -2.38. The molecule has 2 aromatic rings. The lowest BCUT2D eigenvalue weighted by Crippen LogP contribution is -2.49. The van der Waals surface area contributed by atoms with E-state index in [1.807, 2.05) is 59.3 Å². The van der Waals surface area contributed by atoms with Gasteiger partial charge in [-0.1, -0.05) is 36.4 Å². The maximum Gasteiger partial charge on any atom is 0.254 e. The second-order valence-electron chi connectivity index (χ2n) is 8.44. The molecule has 2 aliphatic heterocycles. The summed E-state index contributed by atoms with van der Waals surface area (Å²) in [7, 11) is 1.88. The van der Waals surface area contributed by atoms with E-state index in [0.29, 0.717) is 37.6 Å². The number of benzene rings is 2. The second kappa shape index (κ2) is 9.52. The Bertz CT molecular complexity index is 917. The molecular formula is C25H31N3O3. The molecule has 6 heteroatoms. The Labute approximate surface area is 184 Å². The zero-order valence-electron chi connectivity index (χ0n) is 18.3. The summed E-state index contributed by atoms with van der Waals surface area (Å²) < 4.78 is 5.76. The molecule has 2 heterocycles. The van der Waals surface area contributed by atoms with E-state index in [9.17, 15) is 9.59 Å². The minimum atomic E-state index is 0.0452. The Morgan fingerprint density at radius 2 is 1.90 bits per heavy atom. The van der Waals surface area contributed by atoms with E-state index < -0.39 is 0 Å². The number of rotatable bonds is 6. The predicted octanol–water partition coefficient (Wildman–Crippen LogP) is 2.76. The van der Waals surface area contributed by atoms with Crippen LogP contribution in [0.4, 0.5) is 0 Å². The first-order chi connectivity index (χ1) is 15.1. The van der Waals surface area contributed by atoms with Crippen LogP contribution in [-0.4, -0.2) is 67.5 Å². The van der Waals surface area contributed by atoms with Gasteiger partial charge in [0.2, 0.25) is 5.91 Å². The minimum Gasteiger partial charge on any atom is -0.492 e. The molecule has 2 aromatic carbocycles. The van der Waals surface area contributed by atoms with E-state index >= 15 is 0 Å². The van der Waals surface area contributed by atoms with Crippen molar-refractivity contribution in [1.29, 1.82) is 0 Å². The highest BCUT2D eigenvalue weighted by atomic mass is 16.5. The molecule has 6 nitrogen and oxygen atoms in total. The maximum atomic E-state index is 13.6. The molecule has 2 fully saturated rings. The topological polar surface area (TPSA) is 61.9 Å². The average Bonchev–Trinajstić information content (AvgIpc) is 3.18. The van der Waals surface area contributed by atoms with Crippen LogP contribution in [0.15, 0.2) is 54.6 Å². The Morgan fingerprint density at radius 3 is 2.65 bits per heavy atom. The molecule has 2 amide bonds. The highest BCUT2D eigenvalue weighted by molar-refractivity contribution is 5.95. The zero-order chi connectivity index (χ0) is 21.8. The van der Waals surface area contributed by atoms with Gasteiger partial charge in [0, 0.05) is 56.5 Å². The van der Waals surface area contributed by atoms with Gasteiger partial charge in [0.25, 0.3) is 5.91 Å². The fraction of sp³-hybridized carbons (Fsp3) is 0.440. The highest BCUT2D eigenvalue weighted by Gasteiger charge is 2.47. The van der Waals surface area contributed by atoms with Crippen LogP contribution in [-0.2, 0) is 4.79 Å². The zero-order valence-corrected chi connectivity index (χ0v) is 18.3. The van der Waals surface area contributed by atoms with Gasteiger partial charge in [-0.2, -0.15) is 0 Å². The molecule has 164 valence electrons. The molecule has 0 aliphatic carbocycles. The van der Waals surface area contributed by atoms with Crippen LogP contribution in [0, 0.1) is 5.92 Å². The monoisotopic (exact) mass is 421 g/mol. The van der Waals surface area contributed by atoms with Crippen molar-refractivity contribution in [2.24, 2.45) is 5.92 Å². The lowest BCUT2D eigenvalue weighted by atomic mass is 9.82. The number of hydrogen-bond acceptors (Lipinski definition) is 4. The number of likely N-dealkylation sites (tertiary alicyclic amines) is 2. The molecule has 0 aromatic heterocycles. The number of amides is 2. The smallest absolute Gasteiger partial charge is 0.254 e. The molecule has 0 spiro atoms. The number of piperidine rings is 1. The van der Waals surface area contributed by atoms with Crippen molar-refractivity contribution in [2.45, 2.75) is 25.3 Å². The number of ether oxygens (including phenoxy) is 1. The van der Waals surface area contributed by atoms with Crippen molar-refractivity contribution in [2.75, 3.05) is 39.8 Å². The summed E-state index contributed by atoms with van der Waals surface area (Å²) in [5.41, 5.74) is 1.89. The average molecular weight is 422 g/mol. The van der Waals surface area contributed by atoms with Crippen LogP contribution in [0.25, 0.3) is 0 Å². The number of hydrogen-bond donors (Lipinski definition) is 1. The third kappa shape index (κ3) is 4.59. The molecule has 0 saturated carbocycles. The lowest BCUT2D eigenvalue weighted by molar-refractivity contribution is -0.131. The molecule has 0 unspecified atom stereocenters. The van der Waals surface area contributed by atoms with E-state index in [-0.39, 0.29) is 29.7 Å². The number of nitrogens with zero attached hydrogens (tertiary/aromatic N) is 2. The fourth-order valence-electron chi connectivity index (χ4n) is 4.96. The van der Waals surface area contributed by atoms with E-state index in [0.717, 1.165) is 13.0 Å². The summed E-state index contributed by atoms with van der Waals surface area (Å²) in [6.45, 7) is 5.02. The third-order valence-electron chi connectivity index (χ3n) is 6.57. The fourth-order valence-corrected chi connectivity index (χ4v) is 4.96. The summed E-state index contributed by atoms with van der Waals surface area (Å²) in [5, 5.41) is 3.05. The molecule has 1 N–H and O–H groups in total. The third-order valence-corrected chi connectivity index (χ3v) is 6.57. The van der Waals surface area contributed by atoms with E-state index in [4.69, 9.17) is 4.74 Å². The summed E-state index contributed by atoms with van der Waals surface area (Å²) in [6, 6.07) is 18.0. The van der Waals surface area contributed by atoms with Crippen molar-refractivity contribution in [1.82, 2.24) is 15.1 Å². The normalized spacial score (nSPS) is 22.8. The highest BCUT2D eigenvalue weighted by Crippen LogP contribution is 2.42. The van der Waals surface area contributed by atoms with Gasteiger partial charge in [-0.05, 0) is 37.2 Å². The molecular weight excluding hydrogens is 390 g/mol. The van der Waals surface area contributed by atoms with Gasteiger partial charge in [0.05, 0.1) is 0 Å². The molecule has 0 radical (unpaired) electrons. The molecule has 2 saturated heterocycles. The van der Waals surface area contributed by atoms with Gasteiger partial charge in [0.1, 0.15) is 12.4 Å². The molecule has 3 atom stereocenters. The van der Waals surface area contributed by atoms with Gasteiger partial charge in [-0.15, -0.1) is 0 Å². The summed E-state index contributed by atoms with van der Waals surface area (Å²) in [6.07, 6.45) is 0.817. The number of carbonyl (C=O) groups is 2. The number of fused-ring (bicyclic) bond motifs is 1. The van der Waals surface area contributed by atoms with Gasteiger partial charge < -0.3 is 19.9 Å². The summed E-state index contributed by atoms with van der Waals surface area (Å²) in [4.78, 5) is 29.6. The van der Waals surface area contributed by atoms with Crippen molar-refractivity contribution in [3.63, 3.8) is 0 Å². The molecule has 2 aliphatic rings. The number of carbonyl (C=O) groups excluding carboxylic acids is 2. The van der Waals surface area contributed by atoms with Crippen molar-refractivity contribution >= 4 is 11.8 Å².